The predicted octanol–water partition coefficient (Wildman–Crippen LogP) is 2.57. The molecule has 21 heavy (non-hydrogen) atoms. The number of hydrogen-bond acceptors (Lipinski definition) is 3. The van der Waals surface area contributed by atoms with Crippen molar-refractivity contribution >= 4 is 17.3 Å². The fourth-order valence-corrected chi connectivity index (χ4v) is 2.36. The average Bonchev–Trinajstić information content (AvgIpc) is 2.46. The number of aryl methyl sites for hydroxylation is 1. The summed E-state index contributed by atoms with van der Waals surface area (Å²) < 4.78 is 0. The quantitative estimate of drug-likeness (QED) is 0.848. The van der Waals surface area contributed by atoms with E-state index < -0.39 is 0 Å². The molecule has 0 unspecified atom stereocenters. The lowest BCUT2D eigenvalue weighted by Crippen LogP contribution is -2.20. The molecule has 0 bridgehead atoms. The molecule has 0 saturated heterocycles. The second-order valence-electron chi connectivity index (χ2n) is 5.20. The van der Waals surface area contributed by atoms with E-state index in [1.807, 2.05) is 13.1 Å². The fourth-order valence-electron chi connectivity index (χ4n) is 2.36. The molecular weight excluding hydrogens is 262 g/mol. The van der Waals surface area contributed by atoms with Crippen molar-refractivity contribution in [2.75, 3.05) is 24.7 Å². The van der Waals surface area contributed by atoms with Gasteiger partial charge in [-0.25, -0.2) is 0 Å². The fraction of sp³-hybridized carbons (Fsp3) is 0.235. The van der Waals surface area contributed by atoms with E-state index in [1.165, 1.54) is 11.1 Å². The Balaban J connectivity index is 2.19. The minimum Gasteiger partial charge on any atom is -0.397 e. The van der Waals surface area contributed by atoms with E-state index in [0.29, 0.717) is 11.3 Å². The van der Waals surface area contributed by atoms with Crippen LogP contribution in [-0.2, 0) is 6.54 Å². The van der Waals surface area contributed by atoms with Crippen LogP contribution in [0.15, 0.2) is 42.5 Å². The van der Waals surface area contributed by atoms with Gasteiger partial charge in [-0.1, -0.05) is 29.8 Å². The molecule has 0 heterocycles. The van der Waals surface area contributed by atoms with Crippen LogP contribution in [0.4, 0.5) is 11.4 Å². The molecule has 0 fully saturated rings. The standard InChI is InChI=1S/C17H21N3O/c1-12-5-4-6-13(9-12)11-20(3)16-8-7-14(10-15(16)18)17(21)19-2/h4-10H,11,18H2,1-3H3,(H,19,21). The molecule has 0 aliphatic carbocycles. The highest BCUT2D eigenvalue weighted by molar-refractivity contribution is 5.96. The number of carbonyl (C=O) groups is 1. The Morgan fingerprint density at radius 2 is 2.00 bits per heavy atom. The van der Waals surface area contributed by atoms with Gasteiger partial charge in [0.1, 0.15) is 0 Å². The monoisotopic (exact) mass is 283 g/mol. The van der Waals surface area contributed by atoms with Crippen molar-refractivity contribution in [1.29, 1.82) is 0 Å². The van der Waals surface area contributed by atoms with Crippen molar-refractivity contribution in [1.82, 2.24) is 5.32 Å². The van der Waals surface area contributed by atoms with Crippen LogP contribution < -0.4 is 16.0 Å². The Hall–Kier alpha value is -2.49. The van der Waals surface area contributed by atoms with E-state index in [-0.39, 0.29) is 5.91 Å². The van der Waals surface area contributed by atoms with Gasteiger partial charge in [0.15, 0.2) is 0 Å². The number of nitrogen functional groups attached to an aromatic ring is 1. The van der Waals surface area contributed by atoms with Crippen LogP contribution in [0.5, 0.6) is 0 Å². The largest absolute Gasteiger partial charge is 0.397 e. The molecule has 4 heteroatoms. The van der Waals surface area contributed by atoms with E-state index in [0.717, 1.165) is 12.2 Å². The van der Waals surface area contributed by atoms with Crippen LogP contribution in [-0.4, -0.2) is 20.0 Å². The molecule has 3 N–H and O–H groups in total. The Morgan fingerprint density at radius 3 is 2.62 bits per heavy atom. The first-order valence-electron chi connectivity index (χ1n) is 6.89. The second-order valence-corrected chi connectivity index (χ2v) is 5.20. The Kier molecular flexibility index (Phi) is 4.48. The lowest BCUT2D eigenvalue weighted by molar-refractivity contribution is 0.0963. The van der Waals surface area contributed by atoms with Crippen LogP contribution in [0.25, 0.3) is 0 Å². The number of nitrogens with two attached hydrogens (primary N) is 1. The zero-order valence-electron chi connectivity index (χ0n) is 12.7. The third-order valence-corrected chi connectivity index (χ3v) is 3.43. The Labute approximate surface area is 125 Å². The minimum atomic E-state index is -0.130. The number of nitrogens with zero attached hydrogens (tertiary/aromatic N) is 1. The van der Waals surface area contributed by atoms with Gasteiger partial charge in [-0.3, -0.25) is 4.79 Å². The maximum Gasteiger partial charge on any atom is 0.251 e. The zero-order valence-corrected chi connectivity index (χ0v) is 12.7. The summed E-state index contributed by atoms with van der Waals surface area (Å²) in [7, 11) is 3.60. The minimum absolute atomic E-state index is 0.130. The lowest BCUT2D eigenvalue weighted by atomic mass is 10.1. The lowest BCUT2D eigenvalue weighted by Gasteiger charge is -2.22. The molecule has 0 aromatic heterocycles. The van der Waals surface area contributed by atoms with Gasteiger partial charge in [-0.2, -0.15) is 0 Å². The molecule has 4 nitrogen and oxygen atoms in total. The van der Waals surface area contributed by atoms with Crippen LogP contribution in [0.3, 0.4) is 0 Å². The maximum atomic E-state index is 11.6. The number of anilines is 2. The molecular formula is C17H21N3O. The molecule has 2 aromatic rings. The van der Waals surface area contributed by atoms with Gasteiger partial charge in [-0.15, -0.1) is 0 Å². The molecule has 2 aromatic carbocycles. The highest BCUT2D eigenvalue weighted by atomic mass is 16.1. The third-order valence-electron chi connectivity index (χ3n) is 3.43. The van der Waals surface area contributed by atoms with Crippen LogP contribution in [0.1, 0.15) is 21.5 Å². The summed E-state index contributed by atoms with van der Waals surface area (Å²) in [4.78, 5) is 13.7. The normalized spacial score (nSPS) is 10.2. The van der Waals surface area contributed by atoms with E-state index in [2.05, 4.69) is 41.4 Å². The molecule has 0 spiro atoms. The van der Waals surface area contributed by atoms with Crippen LogP contribution >= 0.6 is 0 Å². The topological polar surface area (TPSA) is 58.4 Å². The van der Waals surface area contributed by atoms with E-state index in [9.17, 15) is 4.79 Å². The van der Waals surface area contributed by atoms with Crippen molar-refractivity contribution in [2.45, 2.75) is 13.5 Å². The first-order valence-corrected chi connectivity index (χ1v) is 6.89. The van der Waals surface area contributed by atoms with Crippen molar-refractivity contribution in [3.05, 3.63) is 59.2 Å². The second kappa shape index (κ2) is 6.31. The molecule has 0 aliphatic heterocycles. The summed E-state index contributed by atoms with van der Waals surface area (Å²) in [5, 5.41) is 2.60. The smallest absolute Gasteiger partial charge is 0.251 e. The van der Waals surface area contributed by atoms with Gasteiger partial charge >= 0.3 is 0 Å². The molecule has 0 aliphatic rings. The van der Waals surface area contributed by atoms with Crippen molar-refractivity contribution < 1.29 is 4.79 Å². The van der Waals surface area contributed by atoms with Crippen molar-refractivity contribution in [2.24, 2.45) is 0 Å². The highest BCUT2D eigenvalue weighted by Gasteiger charge is 2.10. The van der Waals surface area contributed by atoms with Crippen LogP contribution in [0.2, 0.25) is 0 Å². The summed E-state index contributed by atoms with van der Waals surface area (Å²) >= 11 is 0. The molecule has 110 valence electrons. The van der Waals surface area contributed by atoms with Crippen molar-refractivity contribution in [3.8, 4) is 0 Å². The molecule has 1 amide bonds. The van der Waals surface area contributed by atoms with Gasteiger partial charge in [0.2, 0.25) is 0 Å². The third kappa shape index (κ3) is 3.54. The van der Waals surface area contributed by atoms with Gasteiger partial charge in [0.05, 0.1) is 11.4 Å². The summed E-state index contributed by atoms with van der Waals surface area (Å²) in [5.41, 5.74) is 10.6. The van der Waals surface area contributed by atoms with Crippen LogP contribution in [0, 0.1) is 6.92 Å². The first-order chi connectivity index (χ1) is 10.0. The first kappa shape index (κ1) is 14.9. The predicted molar refractivity (Wildman–Crippen MR) is 87.5 cm³/mol. The Morgan fingerprint density at radius 1 is 1.24 bits per heavy atom. The number of carbonyl (C=O) groups excluding carboxylic acids is 1. The SMILES string of the molecule is CNC(=O)c1ccc(N(C)Cc2cccc(C)c2)c(N)c1. The summed E-state index contributed by atoms with van der Waals surface area (Å²) in [6.45, 7) is 2.85. The van der Waals surface area contributed by atoms with Crippen molar-refractivity contribution in [3.63, 3.8) is 0 Å². The molecule has 0 saturated carbocycles. The van der Waals surface area contributed by atoms with E-state index >= 15 is 0 Å². The van der Waals surface area contributed by atoms with E-state index in [1.54, 1.807) is 19.2 Å². The molecule has 2 rings (SSSR count). The van der Waals surface area contributed by atoms with Gasteiger partial charge in [0.25, 0.3) is 5.91 Å². The van der Waals surface area contributed by atoms with Gasteiger partial charge in [-0.05, 0) is 30.7 Å². The number of rotatable bonds is 4. The zero-order chi connectivity index (χ0) is 15.4. The summed E-state index contributed by atoms with van der Waals surface area (Å²) in [5.74, 6) is -0.130. The molecule has 0 radical (unpaired) electrons. The Bertz CT molecular complexity index is 652. The summed E-state index contributed by atoms with van der Waals surface area (Å²) in [6, 6.07) is 13.8. The summed E-state index contributed by atoms with van der Waals surface area (Å²) in [6.07, 6.45) is 0. The number of hydrogen-bond donors (Lipinski definition) is 2. The average molecular weight is 283 g/mol. The number of amides is 1. The van der Waals surface area contributed by atoms with Gasteiger partial charge < -0.3 is 16.0 Å². The number of nitrogens with one attached hydrogen (secondary N) is 1. The van der Waals surface area contributed by atoms with Gasteiger partial charge in [0, 0.05) is 26.2 Å². The highest BCUT2D eigenvalue weighted by Crippen LogP contribution is 2.25. The van der Waals surface area contributed by atoms with E-state index in [4.69, 9.17) is 5.73 Å². The maximum absolute atomic E-state index is 11.6. The number of benzene rings is 2. The molecule has 0 atom stereocenters.